The smallest absolute Gasteiger partial charge is 0.164 e. The Labute approximate surface area is 753 Å². The first-order valence-corrected chi connectivity index (χ1v) is 45.8. The van der Waals surface area contributed by atoms with Crippen LogP contribution in [-0.4, -0.2) is 15.0 Å². The molecule has 0 radical (unpaired) electrons. The molecule has 0 saturated heterocycles. The molecule has 4 aliphatic carbocycles. The summed E-state index contributed by atoms with van der Waals surface area (Å²) in [7, 11) is 0. The van der Waals surface area contributed by atoms with Gasteiger partial charge in [0.2, 0.25) is 0 Å². The van der Waals surface area contributed by atoms with Crippen LogP contribution >= 0.6 is 0 Å². The maximum atomic E-state index is 4.75. The summed E-state index contributed by atoms with van der Waals surface area (Å²) in [6.45, 7) is 51.1. The summed E-state index contributed by atoms with van der Waals surface area (Å²) in [4.78, 5) is 19.4. The standard InChI is InChI=1S/C58H66N2.C29H26.C24H21N3.C10H14/c1-37-15-19-45(20-16-37)59(53-39(3)31-43(32-40(53)4)55(7,8)9)47-23-25-49-50-26-24-48(36-52(50)58-29-13-27-57(58,28-14-30-58)51(49)35-47)60(46-21-17-38(2)18-22-46)54-41(5)33-44(34-42(54)6)56(10,11)12;1-19-5-11-23(12-6-19)29(24-13-7-20(2)8-14-24)27-17-21(3)9-15-25(27)26-16-10-22(4)18-28(26)29;1-16-4-10-19(11-5-16)22-25-23(20-12-6-17(2)7-13-20)27-24(26-22)21-14-8-18(3)9-15-21;1-7-5-9(3)10(4)6-8(7)2/h15-26,31-36H,13-14,27-30H2,1-12H3;5-18H,1-4H3;4-15H,1-3H3;5-6H,1-4H3. The predicted molar refractivity (Wildman–Crippen MR) is 537 cm³/mol. The van der Waals surface area contributed by atoms with Crippen LogP contribution in [0.1, 0.15) is 219 Å². The van der Waals surface area contributed by atoms with Crippen molar-refractivity contribution in [1.29, 1.82) is 0 Å². The summed E-state index contributed by atoms with van der Waals surface area (Å²) in [6.07, 6.45) is 7.56. The van der Waals surface area contributed by atoms with Crippen LogP contribution in [0.5, 0.6) is 0 Å². The van der Waals surface area contributed by atoms with Crippen molar-refractivity contribution in [1.82, 2.24) is 15.0 Å². The minimum atomic E-state index is -0.288. The zero-order valence-electron chi connectivity index (χ0n) is 79.0. The van der Waals surface area contributed by atoms with Gasteiger partial charge in [0, 0.05) is 50.3 Å². The molecular formula is C121H127N5. The van der Waals surface area contributed by atoms with E-state index in [9.17, 15) is 0 Å². The van der Waals surface area contributed by atoms with Crippen molar-refractivity contribution in [3.05, 3.63) is 418 Å². The number of hydrogen-bond donors (Lipinski definition) is 0. The van der Waals surface area contributed by atoms with Crippen molar-refractivity contribution in [3.8, 4) is 56.4 Å². The van der Waals surface area contributed by atoms with Gasteiger partial charge in [-0.3, -0.25) is 0 Å². The molecule has 4 aliphatic rings. The molecular weight excluding hydrogens is 1520 g/mol. The SMILES string of the molecule is Cc1cc(C)c(C)cc1C.Cc1ccc(-c2nc(-c3ccc(C)cc3)nc(-c3ccc(C)cc3)n2)cc1.Cc1ccc(C2(c3ccc(C)cc3)c3cc(C)ccc3-c3ccc(C)cc32)cc1.Cc1ccc(N(c2ccc3c(c2)C24CCCC2(CCC4)c2cc(N(c4ccc(C)cc4)c4c(C)cc(C(C)(C)C)cc4C)ccc2-3)c2c(C)cc(C(C)(C)C)cc2C)cc1. The lowest BCUT2D eigenvalue weighted by molar-refractivity contribution is 0.299. The Morgan fingerprint density at radius 2 is 0.468 bits per heavy atom. The number of benzene rings is 14. The molecule has 0 atom stereocenters. The van der Waals surface area contributed by atoms with E-state index >= 15 is 0 Å². The normalized spacial score (nSPS) is 15.5. The van der Waals surface area contributed by atoms with Crippen LogP contribution in [0.3, 0.4) is 0 Å². The van der Waals surface area contributed by atoms with E-state index in [1.807, 2.05) is 0 Å². The van der Waals surface area contributed by atoms with Gasteiger partial charge in [0.05, 0.1) is 16.8 Å². The predicted octanol–water partition coefficient (Wildman–Crippen LogP) is 32.6. The van der Waals surface area contributed by atoms with Gasteiger partial charge in [-0.1, -0.05) is 335 Å². The number of aryl methyl sites for hydroxylation is 17. The first-order valence-electron chi connectivity index (χ1n) is 45.8. The zero-order valence-corrected chi connectivity index (χ0v) is 79.0. The molecule has 15 aromatic rings. The van der Waals surface area contributed by atoms with Gasteiger partial charge < -0.3 is 9.80 Å². The molecule has 0 bridgehead atoms. The number of hydrogen-bond acceptors (Lipinski definition) is 5. The number of aromatic nitrogens is 3. The average molecular weight is 1650 g/mol. The number of anilines is 6. The lowest BCUT2D eigenvalue weighted by Crippen LogP contribution is -2.43. The van der Waals surface area contributed by atoms with Crippen molar-refractivity contribution < 1.29 is 0 Å². The Morgan fingerprint density at radius 3 is 0.746 bits per heavy atom. The molecule has 19 rings (SSSR count). The molecule has 0 unspecified atom stereocenters. The first-order chi connectivity index (χ1) is 60.1. The largest absolute Gasteiger partial charge is 0.310 e. The third-order valence-corrected chi connectivity index (χ3v) is 28.0. The molecule has 636 valence electrons. The molecule has 1 heterocycles. The molecule has 0 amide bonds. The van der Waals surface area contributed by atoms with E-state index in [-0.39, 0.29) is 27.1 Å². The third-order valence-electron chi connectivity index (χ3n) is 28.0. The minimum absolute atomic E-state index is 0.0843. The van der Waals surface area contributed by atoms with Crippen molar-refractivity contribution >= 4 is 34.1 Å². The van der Waals surface area contributed by atoms with Crippen LogP contribution in [0.15, 0.2) is 279 Å². The molecule has 1 aromatic heterocycles. The molecule has 0 N–H and O–H groups in total. The van der Waals surface area contributed by atoms with Crippen LogP contribution in [-0.2, 0) is 27.1 Å². The number of fused-ring (bicyclic) bond motifs is 6. The summed E-state index contributed by atoms with van der Waals surface area (Å²) in [5, 5.41) is 0. The quantitative estimate of drug-likeness (QED) is 0.129. The van der Waals surface area contributed by atoms with Crippen molar-refractivity contribution in [2.75, 3.05) is 9.80 Å². The van der Waals surface area contributed by atoms with Crippen LogP contribution in [0, 0.1) is 118 Å². The van der Waals surface area contributed by atoms with Crippen LogP contribution in [0.4, 0.5) is 34.1 Å². The summed E-state index contributed by atoms with van der Waals surface area (Å²) in [5.41, 5.74) is 49.9. The monoisotopic (exact) mass is 1650 g/mol. The van der Waals surface area contributed by atoms with E-state index in [2.05, 4.69) is 448 Å². The van der Waals surface area contributed by atoms with Crippen molar-refractivity contribution in [3.63, 3.8) is 0 Å². The van der Waals surface area contributed by atoms with E-state index in [0.717, 1.165) is 16.7 Å². The first kappa shape index (κ1) is 87.2. The molecule has 126 heavy (non-hydrogen) atoms. The second-order valence-corrected chi connectivity index (χ2v) is 39.6. The molecule has 2 fully saturated rings. The third kappa shape index (κ3) is 16.6. The molecule has 5 heteroatoms. The fourth-order valence-corrected chi connectivity index (χ4v) is 20.9. The summed E-state index contributed by atoms with van der Waals surface area (Å²) < 4.78 is 0. The average Bonchev–Trinajstić information content (AvgIpc) is 1.50. The van der Waals surface area contributed by atoms with E-state index in [1.54, 1.807) is 11.1 Å². The van der Waals surface area contributed by atoms with E-state index in [4.69, 9.17) is 15.0 Å². The number of nitrogens with zero attached hydrogens (tertiary/aromatic N) is 5. The maximum Gasteiger partial charge on any atom is 0.164 e. The van der Waals surface area contributed by atoms with Crippen molar-refractivity contribution in [2.45, 2.75) is 225 Å². The second-order valence-electron chi connectivity index (χ2n) is 39.6. The fraction of sp³-hybridized carbons (Fsp3) is 0.281. The zero-order chi connectivity index (χ0) is 89.2. The van der Waals surface area contributed by atoms with E-state index < -0.39 is 0 Å². The molecule has 0 aliphatic heterocycles. The highest BCUT2D eigenvalue weighted by Crippen LogP contribution is 2.70. The number of rotatable bonds is 11. The van der Waals surface area contributed by atoms with Gasteiger partial charge in [-0.25, -0.2) is 15.0 Å². The Kier molecular flexibility index (Phi) is 23.9. The minimum Gasteiger partial charge on any atom is -0.310 e. The van der Waals surface area contributed by atoms with Crippen LogP contribution in [0.25, 0.3) is 56.4 Å². The van der Waals surface area contributed by atoms with Gasteiger partial charge in [0.25, 0.3) is 0 Å². The highest BCUT2D eigenvalue weighted by Gasteiger charge is 2.62. The Morgan fingerprint density at radius 1 is 0.230 bits per heavy atom. The fourth-order valence-electron chi connectivity index (χ4n) is 20.9. The molecule has 5 nitrogen and oxygen atoms in total. The van der Waals surface area contributed by atoms with Gasteiger partial charge in [-0.2, -0.15) is 0 Å². The Bertz CT molecular complexity index is 6020. The Balaban J connectivity index is 0.000000146. The van der Waals surface area contributed by atoms with Gasteiger partial charge in [-0.15, -0.1) is 0 Å². The Hall–Kier alpha value is -12.3. The molecule has 14 aromatic carbocycles. The lowest BCUT2D eigenvalue weighted by atomic mass is 9.55. The van der Waals surface area contributed by atoms with Gasteiger partial charge in [0.1, 0.15) is 0 Å². The maximum absolute atomic E-state index is 4.75. The van der Waals surface area contributed by atoms with Crippen LogP contribution < -0.4 is 9.80 Å². The van der Waals surface area contributed by atoms with Gasteiger partial charge in [-0.05, 0) is 314 Å². The lowest BCUT2D eigenvalue weighted by Gasteiger charge is -2.48. The molecule has 0 spiro atoms. The summed E-state index contributed by atoms with van der Waals surface area (Å²) in [6, 6.07) is 105. The van der Waals surface area contributed by atoms with E-state index in [0.29, 0.717) is 17.5 Å². The van der Waals surface area contributed by atoms with Crippen LogP contribution in [0.2, 0.25) is 0 Å². The van der Waals surface area contributed by atoms with Crippen molar-refractivity contribution in [2.24, 2.45) is 0 Å². The highest BCUT2D eigenvalue weighted by atomic mass is 15.2. The van der Waals surface area contributed by atoms with E-state index in [1.165, 1.54) is 223 Å². The summed E-state index contributed by atoms with van der Waals surface area (Å²) >= 11 is 0. The second kappa shape index (κ2) is 34.6. The topological polar surface area (TPSA) is 45.2 Å². The molecule has 2 saturated carbocycles. The van der Waals surface area contributed by atoms with Gasteiger partial charge in [0.15, 0.2) is 17.5 Å². The highest BCUT2D eigenvalue weighted by molar-refractivity contribution is 5.91. The summed E-state index contributed by atoms with van der Waals surface area (Å²) in [5.74, 6) is 2.07. The van der Waals surface area contributed by atoms with Gasteiger partial charge >= 0.3 is 0 Å².